The van der Waals surface area contributed by atoms with Crippen LogP contribution in [0.3, 0.4) is 0 Å². The predicted octanol–water partition coefficient (Wildman–Crippen LogP) is 2.09. The van der Waals surface area contributed by atoms with Gasteiger partial charge in [-0.05, 0) is 44.1 Å². The quantitative estimate of drug-likeness (QED) is 0.666. The molecular formula is C20H36N6. The van der Waals surface area contributed by atoms with Gasteiger partial charge in [0.15, 0.2) is 0 Å². The van der Waals surface area contributed by atoms with Crippen LogP contribution in [0.1, 0.15) is 32.4 Å². The highest BCUT2D eigenvalue weighted by atomic mass is 15.5. The highest BCUT2D eigenvalue weighted by Crippen LogP contribution is 2.30. The highest BCUT2D eigenvalue weighted by molar-refractivity contribution is 5.41. The molecule has 2 heterocycles. The number of rotatable bonds is 10. The van der Waals surface area contributed by atoms with E-state index in [-0.39, 0.29) is 6.04 Å². The molecule has 146 valence electrons. The van der Waals surface area contributed by atoms with Gasteiger partial charge in [0.2, 0.25) is 0 Å². The predicted molar refractivity (Wildman–Crippen MR) is 110 cm³/mol. The maximum Gasteiger partial charge on any atom is 0.128 e. The molecule has 6 heteroatoms. The zero-order valence-corrected chi connectivity index (χ0v) is 17.3. The fraction of sp³-hybridized carbons (Fsp3) is 0.650. The zero-order valence-electron chi connectivity index (χ0n) is 17.3. The van der Waals surface area contributed by atoms with Gasteiger partial charge in [0.1, 0.15) is 5.82 Å². The number of hydrogen-bond donors (Lipinski definition) is 2. The van der Waals surface area contributed by atoms with Crippen LogP contribution in [0, 0.1) is 5.92 Å². The minimum atomic E-state index is 0.230. The maximum atomic E-state index is 4.77. The summed E-state index contributed by atoms with van der Waals surface area (Å²) in [6.07, 6.45) is 4.17. The van der Waals surface area contributed by atoms with Gasteiger partial charge in [0, 0.05) is 52.2 Å². The third-order valence-corrected chi connectivity index (χ3v) is 4.77. The second-order valence-corrected chi connectivity index (χ2v) is 7.59. The van der Waals surface area contributed by atoms with Crippen molar-refractivity contribution in [2.45, 2.75) is 26.8 Å². The van der Waals surface area contributed by atoms with Gasteiger partial charge in [-0.15, -0.1) is 0 Å². The third-order valence-electron chi connectivity index (χ3n) is 4.77. The first kappa shape index (κ1) is 20.7. The van der Waals surface area contributed by atoms with Crippen LogP contribution in [0.5, 0.6) is 0 Å². The monoisotopic (exact) mass is 360 g/mol. The van der Waals surface area contributed by atoms with E-state index in [2.05, 4.69) is 78.8 Å². The summed E-state index contributed by atoms with van der Waals surface area (Å²) in [5.74, 6) is 1.69. The summed E-state index contributed by atoms with van der Waals surface area (Å²) < 4.78 is 0. The average molecular weight is 361 g/mol. The Bertz CT molecular complexity index is 568. The molecule has 0 saturated carbocycles. The maximum absolute atomic E-state index is 4.77. The molecule has 0 fully saturated rings. The zero-order chi connectivity index (χ0) is 19.1. The normalized spacial score (nSPS) is 17.7. The number of aromatic nitrogens is 1. The summed E-state index contributed by atoms with van der Waals surface area (Å²) in [6.45, 7) is 11.7. The molecule has 6 nitrogen and oxygen atoms in total. The number of pyridine rings is 1. The van der Waals surface area contributed by atoms with Crippen LogP contribution in [0.2, 0.25) is 0 Å². The van der Waals surface area contributed by atoms with E-state index in [1.807, 2.05) is 13.2 Å². The molecule has 1 aromatic heterocycles. The van der Waals surface area contributed by atoms with Gasteiger partial charge in [0.25, 0.3) is 0 Å². The van der Waals surface area contributed by atoms with Gasteiger partial charge in [0.05, 0.1) is 6.04 Å². The van der Waals surface area contributed by atoms with Crippen LogP contribution < -0.4 is 15.6 Å². The Labute approximate surface area is 159 Å². The van der Waals surface area contributed by atoms with Crippen molar-refractivity contribution in [3.8, 4) is 0 Å². The van der Waals surface area contributed by atoms with Gasteiger partial charge in [-0.3, -0.25) is 0 Å². The van der Waals surface area contributed by atoms with Gasteiger partial charge >= 0.3 is 0 Å². The second-order valence-electron chi connectivity index (χ2n) is 7.59. The molecule has 0 aromatic carbocycles. The van der Waals surface area contributed by atoms with E-state index in [0.29, 0.717) is 5.92 Å². The SMILES string of the molecule is CCN(CC(C)C)c1ccc(C2C(CN(C)CCNC)=CNN2C)cn1. The molecule has 0 amide bonds. The number of hydrazine groups is 1. The summed E-state index contributed by atoms with van der Waals surface area (Å²) in [7, 11) is 6.25. The Kier molecular flexibility index (Phi) is 7.87. The topological polar surface area (TPSA) is 46.7 Å². The number of nitrogens with zero attached hydrogens (tertiary/aromatic N) is 4. The first-order valence-corrected chi connectivity index (χ1v) is 9.68. The van der Waals surface area contributed by atoms with Crippen molar-refractivity contribution >= 4 is 5.82 Å². The first-order chi connectivity index (χ1) is 12.5. The molecule has 1 aromatic rings. The van der Waals surface area contributed by atoms with Gasteiger partial charge < -0.3 is 20.5 Å². The van der Waals surface area contributed by atoms with Crippen molar-refractivity contribution in [1.29, 1.82) is 0 Å². The van der Waals surface area contributed by atoms with Gasteiger partial charge in [-0.2, -0.15) is 0 Å². The van der Waals surface area contributed by atoms with E-state index in [1.165, 1.54) is 11.1 Å². The number of hydrogen-bond acceptors (Lipinski definition) is 6. The molecule has 1 aliphatic heterocycles. The summed E-state index contributed by atoms with van der Waals surface area (Å²) in [4.78, 5) is 9.45. The van der Waals surface area contributed by atoms with E-state index in [0.717, 1.165) is 38.5 Å². The molecule has 1 atom stereocenters. The van der Waals surface area contributed by atoms with Crippen LogP contribution >= 0.6 is 0 Å². The van der Waals surface area contributed by atoms with E-state index >= 15 is 0 Å². The molecule has 0 bridgehead atoms. The highest BCUT2D eigenvalue weighted by Gasteiger charge is 2.27. The first-order valence-electron chi connectivity index (χ1n) is 9.68. The molecule has 26 heavy (non-hydrogen) atoms. The van der Waals surface area contributed by atoms with Crippen molar-refractivity contribution < 1.29 is 0 Å². The standard InChI is InChI=1S/C20H36N6/c1-7-26(14-16(2)3)19-9-8-17(12-22-19)20-18(13-23-25(20)6)15-24(5)11-10-21-4/h8-9,12-13,16,20-21,23H,7,10-11,14-15H2,1-6H3. The molecular weight excluding hydrogens is 324 g/mol. The van der Waals surface area contributed by atoms with E-state index in [9.17, 15) is 0 Å². The Morgan fingerprint density at radius 1 is 1.35 bits per heavy atom. The smallest absolute Gasteiger partial charge is 0.128 e. The largest absolute Gasteiger partial charge is 0.357 e. The minimum Gasteiger partial charge on any atom is -0.357 e. The molecule has 2 N–H and O–H groups in total. The molecule has 2 rings (SSSR count). The average Bonchev–Trinajstić information content (AvgIpc) is 2.98. The summed E-state index contributed by atoms with van der Waals surface area (Å²) in [5.41, 5.74) is 5.95. The van der Waals surface area contributed by atoms with Crippen LogP contribution in [0.25, 0.3) is 0 Å². The van der Waals surface area contributed by atoms with E-state index in [1.54, 1.807) is 0 Å². The summed E-state index contributed by atoms with van der Waals surface area (Å²) in [5, 5.41) is 5.37. The summed E-state index contributed by atoms with van der Waals surface area (Å²) in [6, 6.07) is 4.62. The fourth-order valence-corrected chi connectivity index (χ4v) is 3.42. The summed E-state index contributed by atoms with van der Waals surface area (Å²) >= 11 is 0. The van der Waals surface area contributed by atoms with Crippen LogP contribution in [0.15, 0.2) is 30.1 Å². The fourth-order valence-electron chi connectivity index (χ4n) is 3.42. The van der Waals surface area contributed by atoms with Crippen LogP contribution in [-0.2, 0) is 0 Å². The van der Waals surface area contributed by atoms with E-state index in [4.69, 9.17) is 4.98 Å². The van der Waals surface area contributed by atoms with Crippen molar-refractivity contribution in [3.05, 3.63) is 35.7 Å². The van der Waals surface area contributed by atoms with Crippen LogP contribution in [0.4, 0.5) is 5.82 Å². The molecule has 0 spiro atoms. The molecule has 1 unspecified atom stereocenters. The lowest BCUT2D eigenvalue weighted by Gasteiger charge is -2.27. The molecule has 1 aliphatic rings. The Morgan fingerprint density at radius 2 is 2.12 bits per heavy atom. The number of nitrogens with one attached hydrogen (secondary N) is 2. The molecule has 0 saturated heterocycles. The van der Waals surface area contributed by atoms with Gasteiger partial charge in [-0.1, -0.05) is 19.9 Å². The van der Waals surface area contributed by atoms with Gasteiger partial charge in [-0.25, -0.2) is 9.99 Å². The second kappa shape index (κ2) is 9.90. The minimum absolute atomic E-state index is 0.230. The van der Waals surface area contributed by atoms with Crippen molar-refractivity contribution in [2.75, 3.05) is 58.8 Å². The lowest BCUT2D eigenvalue weighted by Crippen LogP contribution is -2.33. The molecule has 0 aliphatic carbocycles. The number of likely N-dealkylation sites (N-methyl/N-ethyl adjacent to an activating group) is 3. The lowest BCUT2D eigenvalue weighted by molar-refractivity contribution is 0.241. The van der Waals surface area contributed by atoms with E-state index < -0.39 is 0 Å². The van der Waals surface area contributed by atoms with Crippen molar-refractivity contribution in [3.63, 3.8) is 0 Å². The van der Waals surface area contributed by atoms with Crippen LogP contribution in [-0.4, -0.2) is 68.8 Å². The van der Waals surface area contributed by atoms with Crippen molar-refractivity contribution in [1.82, 2.24) is 25.6 Å². The Hall–Kier alpha value is -1.63. The molecule has 0 radical (unpaired) electrons. The Morgan fingerprint density at radius 3 is 2.69 bits per heavy atom. The van der Waals surface area contributed by atoms with Crippen molar-refractivity contribution in [2.24, 2.45) is 5.92 Å². The Balaban J connectivity index is 2.09. The lowest BCUT2D eigenvalue weighted by atomic mass is 10.0. The number of anilines is 1. The third kappa shape index (κ3) is 5.43.